The van der Waals surface area contributed by atoms with Crippen LogP contribution in [0.25, 0.3) is 66.1 Å². The number of hydrogen-bond donors (Lipinski definition) is 0. The lowest BCUT2D eigenvalue weighted by Gasteiger charge is -2.34. The molecule has 1 spiro atoms. The van der Waals surface area contributed by atoms with Crippen molar-refractivity contribution in [2.75, 3.05) is 4.90 Å². The Morgan fingerprint density at radius 2 is 0.724 bits per heavy atom. The van der Waals surface area contributed by atoms with Crippen molar-refractivity contribution < 1.29 is 0 Å². The van der Waals surface area contributed by atoms with E-state index in [2.05, 4.69) is 229 Å². The first-order valence-electron chi connectivity index (χ1n) is 20.2. The molecule has 1 nitrogen and oxygen atoms in total. The number of fused-ring (bicyclic) bond motifs is 13. The fourth-order valence-electron chi connectivity index (χ4n) is 10.4. The smallest absolute Gasteiger partial charge is 0.0726 e. The van der Waals surface area contributed by atoms with Crippen molar-refractivity contribution in [3.8, 4) is 44.5 Å². The van der Waals surface area contributed by atoms with E-state index in [0.29, 0.717) is 0 Å². The zero-order valence-electron chi connectivity index (χ0n) is 31.8. The molecule has 0 heterocycles. The zero-order chi connectivity index (χ0) is 38.2. The summed E-state index contributed by atoms with van der Waals surface area (Å²) < 4.78 is 0. The van der Waals surface area contributed by atoms with E-state index in [1.165, 1.54) is 94.0 Å². The lowest BCUT2D eigenvalue weighted by Crippen LogP contribution is -2.26. The molecule has 0 N–H and O–H groups in total. The summed E-state index contributed by atoms with van der Waals surface area (Å²) in [6.07, 6.45) is 0. The molecular weight excluding hydrogens is 699 g/mol. The van der Waals surface area contributed by atoms with Crippen LogP contribution in [0.4, 0.5) is 17.1 Å². The minimum atomic E-state index is -0.465. The summed E-state index contributed by atoms with van der Waals surface area (Å²) >= 11 is 0. The van der Waals surface area contributed by atoms with Gasteiger partial charge in [-0.15, -0.1) is 0 Å². The summed E-state index contributed by atoms with van der Waals surface area (Å²) in [6.45, 7) is 0. The van der Waals surface area contributed by atoms with Gasteiger partial charge in [-0.05, 0) is 90.0 Å². The molecule has 10 aromatic carbocycles. The zero-order valence-corrected chi connectivity index (χ0v) is 31.8. The Balaban J connectivity index is 1.24. The number of anilines is 3. The predicted octanol–water partition coefficient (Wildman–Crippen LogP) is 15.1. The molecule has 0 amide bonds. The Morgan fingerprint density at radius 1 is 0.293 bits per heavy atom. The van der Waals surface area contributed by atoms with E-state index in [-0.39, 0.29) is 0 Å². The first-order chi connectivity index (χ1) is 28.8. The van der Waals surface area contributed by atoms with E-state index >= 15 is 0 Å². The van der Waals surface area contributed by atoms with E-state index in [0.717, 1.165) is 11.4 Å². The van der Waals surface area contributed by atoms with Gasteiger partial charge in [0.05, 0.1) is 16.8 Å². The third-order valence-electron chi connectivity index (χ3n) is 12.7. The van der Waals surface area contributed by atoms with Crippen LogP contribution in [0, 0.1) is 0 Å². The van der Waals surface area contributed by atoms with Gasteiger partial charge in [0.15, 0.2) is 0 Å². The van der Waals surface area contributed by atoms with Gasteiger partial charge in [0.25, 0.3) is 0 Å². The minimum absolute atomic E-state index is 0.465. The van der Waals surface area contributed by atoms with Crippen molar-refractivity contribution in [2.45, 2.75) is 5.41 Å². The van der Waals surface area contributed by atoms with E-state index < -0.39 is 5.41 Å². The van der Waals surface area contributed by atoms with Crippen LogP contribution in [0.5, 0.6) is 0 Å². The van der Waals surface area contributed by atoms with Crippen LogP contribution in [0.3, 0.4) is 0 Å². The second-order valence-electron chi connectivity index (χ2n) is 15.5. The molecule has 0 aliphatic heterocycles. The van der Waals surface area contributed by atoms with Gasteiger partial charge < -0.3 is 4.90 Å². The highest BCUT2D eigenvalue weighted by Crippen LogP contribution is 2.63. The van der Waals surface area contributed by atoms with Crippen molar-refractivity contribution in [1.29, 1.82) is 0 Å². The molecule has 0 fully saturated rings. The Kier molecular flexibility index (Phi) is 7.21. The van der Waals surface area contributed by atoms with Crippen LogP contribution >= 0.6 is 0 Å². The summed E-state index contributed by atoms with van der Waals surface area (Å²) in [4.78, 5) is 2.57. The molecule has 0 aromatic heterocycles. The topological polar surface area (TPSA) is 3.24 Å². The number of nitrogens with zero attached hydrogens (tertiary/aromatic N) is 1. The molecule has 1 heteroatoms. The summed E-state index contributed by atoms with van der Waals surface area (Å²) in [6, 6.07) is 83.2. The third-order valence-corrected chi connectivity index (χ3v) is 12.7. The first-order valence-corrected chi connectivity index (χ1v) is 20.2. The molecular formula is C57H37N. The lowest BCUT2D eigenvalue weighted by molar-refractivity contribution is 0.793. The Bertz CT molecular complexity index is 3170. The van der Waals surface area contributed by atoms with Crippen molar-refractivity contribution in [1.82, 2.24) is 0 Å². The number of rotatable bonds is 5. The summed E-state index contributed by atoms with van der Waals surface area (Å²) in [7, 11) is 0. The second-order valence-corrected chi connectivity index (χ2v) is 15.5. The van der Waals surface area contributed by atoms with Gasteiger partial charge >= 0.3 is 0 Å². The average molecular weight is 736 g/mol. The highest BCUT2D eigenvalue weighted by atomic mass is 15.1. The van der Waals surface area contributed by atoms with Gasteiger partial charge in [-0.1, -0.05) is 206 Å². The highest BCUT2D eigenvalue weighted by Gasteiger charge is 2.51. The number of para-hydroxylation sites is 1. The second kappa shape index (κ2) is 12.8. The van der Waals surface area contributed by atoms with E-state index in [1.54, 1.807) is 0 Å². The maximum atomic E-state index is 2.57. The third kappa shape index (κ3) is 4.53. The normalized spacial score (nSPS) is 13.0. The van der Waals surface area contributed by atoms with Gasteiger partial charge in [-0.25, -0.2) is 0 Å². The summed E-state index contributed by atoms with van der Waals surface area (Å²) in [5.41, 5.74) is 18.3. The quantitative estimate of drug-likeness (QED) is 0.159. The van der Waals surface area contributed by atoms with Crippen molar-refractivity contribution in [3.63, 3.8) is 0 Å². The molecule has 2 aliphatic carbocycles. The molecule has 2 aliphatic rings. The van der Waals surface area contributed by atoms with Gasteiger partial charge in [0.1, 0.15) is 0 Å². The Hall–Kier alpha value is -7.48. The average Bonchev–Trinajstić information content (AvgIpc) is 3.77. The summed E-state index contributed by atoms with van der Waals surface area (Å²) in [5.74, 6) is 0. The van der Waals surface area contributed by atoms with Crippen molar-refractivity contribution in [3.05, 3.63) is 247 Å². The van der Waals surface area contributed by atoms with Crippen LogP contribution in [0.2, 0.25) is 0 Å². The molecule has 0 radical (unpaired) electrons. The maximum Gasteiger partial charge on any atom is 0.0726 e. The fraction of sp³-hybridized carbons (Fsp3) is 0.0175. The molecule has 58 heavy (non-hydrogen) atoms. The lowest BCUT2D eigenvalue weighted by atomic mass is 9.70. The van der Waals surface area contributed by atoms with Crippen LogP contribution in [-0.2, 0) is 5.41 Å². The monoisotopic (exact) mass is 735 g/mol. The minimum Gasteiger partial charge on any atom is -0.309 e. The van der Waals surface area contributed by atoms with Gasteiger partial charge in [-0.2, -0.15) is 0 Å². The number of benzene rings is 10. The van der Waals surface area contributed by atoms with E-state index in [1.807, 2.05) is 0 Å². The molecule has 12 rings (SSSR count). The van der Waals surface area contributed by atoms with Gasteiger partial charge in [-0.3, -0.25) is 0 Å². The van der Waals surface area contributed by atoms with Crippen LogP contribution in [0.1, 0.15) is 22.3 Å². The summed E-state index contributed by atoms with van der Waals surface area (Å²) in [5, 5.41) is 4.92. The molecule has 0 atom stereocenters. The molecule has 0 bridgehead atoms. The van der Waals surface area contributed by atoms with Crippen LogP contribution in [-0.4, -0.2) is 0 Å². The molecule has 10 aromatic rings. The Labute approximate surface area is 338 Å². The van der Waals surface area contributed by atoms with Crippen molar-refractivity contribution >= 4 is 38.6 Å². The maximum absolute atomic E-state index is 2.57. The Morgan fingerprint density at radius 3 is 1.33 bits per heavy atom. The molecule has 0 unspecified atom stereocenters. The molecule has 0 saturated carbocycles. The van der Waals surface area contributed by atoms with Gasteiger partial charge in [0, 0.05) is 22.2 Å². The van der Waals surface area contributed by atoms with Crippen molar-refractivity contribution in [2.24, 2.45) is 0 Å². The first kappa shape index (κ1) is 32.7. The SMILES string of the molecule is c1ccc(-c2ccccc2N(c2ccc3c(c2)C2(c4ccccc4-c4ccccc42)c2ccccc2-3)c2c(-c3ccccc3)c3ccccc3c3ccccc23)cc1. The standard InChI is InChI=1S/C57H37N/c1-3-19-38(20-4-1)41-23-14-18-34-54(41)58(56-49-30-10-8-25-43(49)42-24-7-9-29-48(42)55(56)39-21-5-2-6-22-39)40-35-36-47-46-28-13-17-33-52(46)57(53(47)37-40)50-31-15-11-26-44(50)45-27-12-16-32-51(45)57/h1-37H. The van der Waals surface area contributed by atoms with Crippen LogP contribution < -0.4 is 4.90 Å². The van der Waals surface area contributed by atoms with E-state index in [4.69, 9.17) is 0 Å². The highest BCUT2D eigenvalue weighted by molar-refractivity contribution is 6.23. The van der Waals surface area contributed by atoms with E-state index in [9.17, 15) is 0 Å². The molecule has 0 saturated heterocycles. The molecule has 270 valence electrons. The van der Waals surface area contributed by atoms with Gasteiger partial charge in [0.2, 0.25) is 0 Å². The fourth-order valence-corrected chi connectivity index (χ4v) is 10.4. The van der Waals surface area contributed by atoms with Crippen LogP contribution in [0.15, 0.2) is 224 Å². The number of hydrogen-bond acceptors (Lipinski definition) is 1. The predicted molar refractivity (Wildman–Crippen MR) is 243 cm³/mol. The largest absolute Gasteiger partial charge is 0.309 e.